The zero-order chi connectivity index (χ0) is 15.4. The monoisotopic (exact) mass is 291 g/mol. The second-order valence-corrected chi connectivity index (χ2v) is 5.15. The number of hydrogen-bond acceptors (Lipinski definition) is 4. The van der Waals surface area contributed by atoms with E-state index in [0.29, 0.717) is 17.9 Å². The third-order valence-corrected chi connectivity index (χ3v) is 3.51. The molecule has 0 saturated heterocycles. The molecule has 0 N–H and O–H groups in total. The molecule has 2 rings (SSSR count). The maximum absolute atomic E-state index is 12.6. The van der Waals surface area contributed by atoms with Crippen LogP contribution in [0, 0.1) is 6.92 Å². The summed E-state index contributed by atoms with van der Waals surface area (Å²) in [5.74, 6) is 0.161. The topological polar surface area (TPSA) is 55.8 Å². The molecule has 0 atom stereocenters. The smallest absolute Gasteiger partial charge is 0.325 e. The van der Waals surface area contributed by atoms with Crippen LogP contribution in [0.5, 0.6) is 5.75 Å². The first-order valence-electron chi connectivity index (χ1n) is 7.18. The van der Waals surface area contributed by atoms with Crippen LogP contribution in [0.15, 0.2) is 18.2 Å². The summed E-state index contributed by atoms with van der Waals surface area (Å²) in [4.78, 5) is 25.9. The van der Waals surface area contributed by atoms with Crippen molar-refractivity contribution in [1.29, 1.82) is 0 Å². The van der Waals surface area contributed by atoms with Gasteiger partial charge in [-0.1, -0.05) is 6.07 Å². The van der Waals surface area contributed by atoms with Gasteiger partial charge in [0.1, 0.15) is 12.3 Å². The first-order chi connectivity index (χ1) is 10.1. The van der Waals surface area contributed by atoms with Crippen LogP contribution in [0.4, 0.5) is 0 Å². The van der Waals surface area contributed by atoms with Crippen LogP contribution in [-0.2, 0) is 9.53 Å². The fourth-order valence-electron chi connectivity index (χ4n) is 2.22. The van der Waals surface area contributed by atoms with Gasteiger partial charge in [0.15, 0.2) is 0 Å². The summed E-state index contributed by atoms with van der Waals surface area (Å²) >= 11 is 0. The Morgan fingerprint density at radius 2 is 2.05 bits per heavy atom. The van der Waals surface area contributed by atoms with E-state index >= 15 is 0 Å². The van der Waals surface area contributed by atoms with E-state index < -0.39 is 0 Å². The van der Waals surface area contributed by atoms with Gasteiger partial charge in [0.25, 0.3) is 5.91 Å². The van der Waals surface area contributed by atoms with Gasteiger partial charge in [-0.05, 0) is 44.4 Å². The Labute approximate surface area is 124 Å². The van der Waals surface area contributed by atoms with Crippen molar-refractivity contribution in [2.45, 2.75) is 32.7 Å². The number of amides is 1. The van der Waals surface area contributed by atoms with Crippen molar-refractivity contribution < 1.29 is 19.1 Å². The quantitative estimate of drug-likeness (QED) is 0.754. The van der Waals surface area contributed by atoms with E-state index in [-0.39, 0.29) is 24.5 Å². The SMILES string of the molecule is CCOC(=O)CN(C(=O)c1ccc(C)c(OC)c1)C1CC1. The van der Waals surface area contributed by atoms with Gasteiger partial charge in [-0.15, -0.1) is 0 Å². The maximum Gasteiger partial charge on any atom is 0.325 e. The molecule has 0 heterocycles. The predicted molar refractivity (Wildman–Crippen MR) is 78.4 cm³/mol. The minimum Gasteiger partial charge on any atom is -0.496 e. The van der Waals surface area contributed by atoms with Crippen LogP contribution in [0.1, 0.15) is 35.7 Å². The highest BCUT2D eigenvalue weighted by molar-refractivity contribution is 5.96. The lowest BCUT2D eigenvalue weighted by Crippen LogP contribution is -2.38. The van der Waals surface area contributed by atoms with Crippen LogP contribution >= 0.6 is 0 Å². The summed E-state index contributed by atoms with van der Waals surface area (Å²) in [6.45, 7) is 4.01. The van der Waals surface area contributed by atoms with Gasteiger partial charge in [-0.3, -0.25) is 9.59 Å². The molecule has 1 aromatic carbocycles. The average Bonchev–Trinajstić information content (AvgIpc) is 3.29. The van der Waals surface area contributed by atoms with E-state index in [1.165, 1.54) is 0 Å². The number of hydrogen-bond donors (Lipinski definition) is 0. The second kappa shape index (κ2) is 6.61. The van der Waals surface area contributed by atoms with Gasteiger partial charge in [-0.25, -0.2) is 0 Å². The molecule has 1 aromatic rings. The molecule has 0 aromatic heterocycles. The first kappa shape index (κ1) is 15.4. The largest absolute Gasteiger partial charge is 0.496 e. The van der Waals surface area contributed by atoms with E-state index in [1.807, 2.05) is 13.0 Å². The molecular formula is C16H21NO4. The Balaban J connectivity index is 2.16. The van der Waals surface area contributed by atoms with E-state index in [4.69, 9.17) is 9.47 Å². The van der Waals surface area contributed by atoms with E-state index in [1.54, 1.807) is 31.1 Å². The summed E-state index contributed by atoms with van der Waals surface area (Å²) < 4.78 is 10.2. The van der Waals surface area contributed by atoms with Gasteiger partial charge in [0, 0.05) is 11.6 Å². The summed E-state index contributed by atoms with van der Waals surface area (Å²) in [6.07, 6.45) is 1.88. The lowest BCUT2D eigenvalue weighted by atomic mass is 10.1. The molecule has 0 aliphatic heterocycles. The van der Waals surface area contributed by atoms with Crippen LogP contribution in [0.3, 0.4) is 0 Å². The zero-order valence-corrected chi connectivity index (χ0v) is 12.7. The normalized spacial score (nSPS) is 13.7. The van der Waals surface area contributed by atoms with Crippen LogP contribution < -0.4 is 4.74 Å². The number of carbonyl (C=O) groups excluding carboxylic acids is 2. The zero-order valence-electron chi connectivity index (χ0n) is 12.7. The van der Waals surface area contributed by atoms with Gasteiger partial charge < -0.3 is 14.4 Å². The van der Waals surface area contributed by atoms with Crippen molar-refractivity contribution in [3.8, 4) is 5.75 Å². The van der Waals surface area contributed by atoms with Gasteiger partial charge in [0.2, 0.25) is 0 Å². The first-order valence-corrected chi connectivity index (χ1v) is 7.18. The Morgan fingerprint density at radius 1 is 1.33 bits per heavy atom. The van der Waals surface area contributed by atoms with E-state index in [9.17, 15) is 9.59 Å². The Hall–Kier alpha value is -2.04. The molecule has 0 spiro atoms. The highest BCUT2D eigenvalue weighted by Crippen LogP contribution is 2.29. The summed E-state index contributed by atoms with van der Waals surface area (Å²) in [5.41, 5.74) is 1.51. The summed E-state index contributed by atoms with van der Waals surface area (Å²) in [5, 5.41) is 0. The van der Waals surface area contributed by atoms with Crippen molar-refractivity contribution in [1.82, 2.24) is 4.90 Å². The highest BCUT2D eigenvalue weighted by Gasteiger charge is 2.34. The van der Waals surface area contributed by atoms with Gasteiger partial charge >= 0.3 is 5.97 Å². The molecule has 0 unspecified atom stereocenters. The standard InChI is InChI=1S/C16H21NO4/c1-4-21-15(18)10-17(13-7-8-13)16(19)12-6-5-11(2)14(9-12)20-3/h5-6,9,13H,4,7-8,10H2,1-3H3. The summed E-state index contributed by atoms with van der Waals surface area (Å²) in [6, 6.07) is 5.48. The van der Waals surface area contributed by atoms with Crippen LogP contribution in [0.2, 0.25) is 0 Å². The number of carbonyl (C=O) groups is 2. The minimum atomic E-state index is -0.364. The molecule has 1 fully saturated rings. The molecule has 1 saturated carbocycles. The molecule has 1 amide bonds. The van der Waals surface area contributed by atoms with Crippen molar-refractivity contribution >= 4 is 11.9 Å². The van der Waals surface area contributed by atoms with Crippen molar-refractivity contribution in [3.05, 3.63) is 29.3 Å². The lowest BCUT2D eigenvalue weighted by molar-refractivity contribution is -0.144. The Morgan fingerprint density at radius 3 is 2.62 bits per heavy atom. The molecule has 1 aliphatic rings. The van der Waals surface area contributed by atoms with Gasteiger partial charge in [-0.2, -0.15) is 0 Å². The van der Waals surface area contributed by atoms with E-state index in [2.05, 4.69) is 0 Å². The number of benzene rings is 1. The lowest BCUT2D eigenvalue weighted by Gasteiger charge is -2.21. The van der Waals surface area contributed by atoms with Crippen molar-refractivity contribution in [2.75, 3.05) is 20.3 Å². The fourth-order valence-corrected chi connectivity index (χ4v) is 2.22. The predicted octanol–water partition coefficient (Wildman–Crippen LogP) is 2.17. The Bertz CT molecular complexity index is 537. The number of rotatable bonds is 6. The van der Waals surface area contributed by atoms with Crippen molar-refractivity contribution in [3.63, 3.8) is 0 Å². The molecule has 0 radical (unpaired) electrons. The summed E-state index contributed by atoms with van der Waals surface area (Å²) in [7, 11) is 1.58. The maximum atomic E-state index is 12.6. The molecule has 5 heteroatoms. The molecular weight excluding hydrogens is 270 g/mol. The highest BCUT2D eigenvalue weighted by atomic mass is 16.5. The average molecular weight is 291 g/mol. The Kier molecular flexibility index (Phi) is 4.83. The number of methoxy groups -OCH3 is 1. The van der Waals surface area contributed by atoms with Crippen LogP contribution in [0.25, 0.3) is 0 Å². The molecule has 5 nitrogen and oxygen atoms in total. The third-order valence-electron chi connectivity index (χ3n) is 3.51. The number of aryl methyl sites for hydroxylation is 1. The fraction of sp³-hybridized carbons (Fsp3) is 0.500. The van der Waals surface area contributed by atoms with Gasteiger partial charge in [0.05, 0.1) is 13.7 Å². The molecule has 1 aliphatic carbocycles. The number of nitrogens with zero attached hydrogens (tertiary/aromatic N) is 1. The number of esters is 1. The van der Waals surface area contributed by atoms with Crippen molar-refractivity contribution in [2.24, 2.45) is 0 Å². The molecule has 114 valence electrons. The second-order valence-electron chi connectivity index (χ2n) is 5.15. The minimum absolute atomic E-state index is 0.00747. The third kappa shape index (κ3) is 3.74. The van der Waals surface area contributed by atoms with E-state index in [0.717, 1.165) is 18.4 Å². The molecule has 21 heavy (non-hydrogen) atoms. The molecule has 0 bridgehead atoms. The number of ether oxygens (including phenoxy) is 2. The van der Waals surface area contributed by atoms with Crippen LogP contribution in [-0.4, -0.2) is 43.1 Å².